The first-order valence-electron chi connectivity index (χ1n) is 8.29. The largest absolute Gasteiger partial charge is 0.394 e. The minimum atomic E-state index is -0.0776. The normalized spacial score (nSPS) is 28.9. The quantitative estimate of drug-likeness (QED) is 0.745. The van der Waals surface area contributed by atoms with Crippen LogP contribution in [0.3, 0.4) is 0 Å². The third-order valence-corrected chi connectivity index (χ3v) is 4.90. The molecule has 112 valence electrons. The molecule has 2 rings (SSSR count). The van der Waals surface area contributed by atoms with Gasteiger partial charge in [-0.15, -0.1) is 0 Å². The van der Waals surface area contributed by atoms with Gasteiger partial charge in [0.2, 0.25) is 0 Å². The number of nitrogens with zero attached hydrogens (tertiary/aromatic N) is 1. The maximum absolute atomic E-state index is 9.69. The Morgan fingerprint density at radius 3 is 2.63 bits per heavy atom. The lowest BCUT2D eigenvalue weighted by Crippen LogP contribution is -2.50. The van der Waals surface area contributed by atoms with Gasteiger partial charge in [0.05, 0.1) is 6.61 Å². The Hall–Kier alpha value is -0.120. The molecule has 2 atom stereocenters. The molecule has 0 amide bonds. The molecule has 2 N–H and O–H groups in total. The first kappa shape index (κ1) is 15.3. The lowest BCUT2D eigenvalue weighted by molar-refractivity contribution is 0.126. The smallest absolute Gasteiger partial charge is 0.0611 e. The predicted octanol–water partition coefficient (Wildman–Crippen LogP) is 2.53. The van der Waals surface area contributed by atoms with Gasteiger partial charge in [-0.05, 0) is 52.0 Å². The van der Waals surface area contributed by atoms with Crippen molar-refractivity contribution in [2.75, 3.05) is 19.7 Å². The Labute approximate surface area is 118 Å². The van der Waals surface area contributed by atoms with Crippen molar-refractivity contribution >= 4 is 0 Å². The molecule has 0 aromatic rings. The number of rotatable bonds is 7. The van der Waals surface area contributed by atoms with E-state index in [1.54, 1.807) is 0 Å². The molecule has 0 radical (unpaired) electrons. The number of likely N-dealkylation sites (tertiary alicyclic amines) is 1. The Balaban J connectivity index is 1.83. The first-order chi connectivity index (χ1) is 9.17. The summed E-state index contributed by atoms with van der Waals surface area (Å²) >= 11 is 0. The number of hydrogen-bond donors (Lipinski definition) is 2. The number of aliphatic hydroxyl groups is 1. The number of aliphatic hydroxyl groups excluding tert-OH is 1. The summed E-state index contributed by atoms with van der Waals surface area (Å²) in [7, 11) is 0. The maximum Gasteiger partial charge on any atom is 0.0611 e. The highest BCUT2D eigenvalue weighted by molar-refractivity contribution is 4.93. The van der Waals surface area contributed by atoms with Gasteiger partial charge in [-0.25, -0.2) is 0 Å². The van der Waals surface area contributed by atoms with Crippen LogP contribution in [0.5, 0.6) is 0 Å². The fourth-order valence-corrected chi connectivity index (χ4v) is 3.30. The van der Waals surface area contributed by atoms with Gasteiger partial charge in [0, 0.05) is 24.2 Å². The fraction of sp³-hybridized carbons (Fsp3) is 1.00. The molecule has 3 heteroatoms. The van der Waals surface area contributed by atoms with Crippen LogP contribution in [-0.4, -0.2) is 47.3 Å². The molecule has 0 bridgehead atoms. The molecule has 1 heterocycles. The topological polar surface area (TPSA) is 35.5 Å². The number of nitrogens with one attached hydrogen (secondary N) is 1. The summed E-state index contributed by atoms with van der Waals surface area (Å²) in [4.78, 5) is 2.68. The summed E-state index contributed by atoms with van der Waals surface area (Å²) in [5.74, 6) is 0. The zero-order valence-electron chi connectivity index (χ0n) is 12.8. The van der Waals surface area contributed by atoms with Gasteiger partial charge < -0.3 is 15.3 Å². The molecule has 19 heavy (non-hydrogen) atoms. The van der Waals surface area contributed by atoms with Gasteiger partial charge in [-0.1, -0.05) is 19.8 Å². The van der Waals surface area contributed by atoms with E-state index in [2.05, 4.69) is 24.1 Å². The molecular formula is C16H32N2O. The molecule has 1 saturated heterocycles. The summed E-state index contributed by atoms with van der Waals surface area (Å²) in [5, 5.41) is 13.3. The van der Waals surface area contributed by atoms with Crippen LogP contribution in [0.4, 0.5) is 0 Å². The average molecular weight is 268 g/mol. The summed E-state index contributed by atoms with van der Waals surface area (Å²) < 4.78 is 0. The van der Waals surface area contributed by atoms with E-state index in [4.69, 9.17) is 0 Å². The summed E-state index contributed by atoms with van der Waals surface area (Å²) in [6, 6.07) is 1.44. The van der Waals surface area contributed by atoms with E-state index < -0.39 is 0 Å². The highest BCUT2D eigenvalue weighted by atomic mass is 16.3. The van der Waals surface area contributed by atoms with E-state index in [1.807, 2.05) is 0 Å². The number of hydrogen-bond acceptors (Lipinski definition) is 3. The minimum Gasteiger partial charge on any atom is -0.394 e. The van der Waals surface area contributed by atoms with Crippen LogP contribution in [0, 0.1) is 0 Å². The third kappa shape index (κ3) is 4.73. The van der Waals surface area contributed by atoms with Crippen molar-refractivity contribution < 1.29 is 5.11 Å². The highest BCUT2D eigenvalue weighted by Gasteiger charge is 2.32. The van der Waals surface area contributed by atoms with E-state index in [9.17, 15) is 5.11 Å². The Morgan fingerprint density at radius 1 is 1.21 bits per heavy atom. The molecule has 2 aliphatic rings. The molecule has 2 unspecified atom stereocenters. The van der Waals surface area contributed by atoms with E-state index >= 15 is 0 Å². The Kier molecular flexibility index (Phi) is 5.67. The van der Waals surface area contributed by atoms with Crippen molar-refractivity contribution in [3.63, 3.8) is 0 Å². The van der Waals surface area contributed by atoms with Gasteiger partial charge in [-0.2, -0.15) is 0 Å². The Bertz CT molecular complexity index is 267. The van der Waals surface area contributed by atoms with Crippen LogP contribution in [0.25, 0.3) is 0 Å². The zero-order valence-corrected chi connectivity index (χ0v) is 12.8. The van der Waals surface area contributed by atoms with Gasteiger partial charge >= 0.3 is 0 Å². The molecule has 0 aromatic carbocycles. The lowest BCUT2D eigenvalue weighted by Gasteiger charge is -2.35. The van der Waals surface area contributed by atoms with Crippen molar-refractivity contribution in [2.24, 2.45) is 0 Å². The second kappa shape index (κ2) is 7.05. The van der Waals surface area contributed by atoms with Crippen molar-refractivity contribution in [1.29, 1.82) is 0 Å². The molecule has 0 aromatic heterocycles. The van der Waals surface area contributed by atoms with E-state index in [0.29, 0.717) is 6.04 Å². The van der Waals surface area contributed by atoms with E-state index in [-0.39, 0.29) is 12.1 Å². The second-order valence-corrected chi connectivity index (χ2v) is 6.83. The second-order valence-electron chi connectivity index (χ2n) is 6.83. The predicted molar refractivity (Wildman–Crippen MR) is 80.4 cm³/mol. The lowest BCUT2D eigenvalue weighted by atomic mass is 9.97. The molecule has 1 aliphatic heterocycles. The van der Waals surface area contributed by atoms with Gasteiger partial charge in [0.1, 0.15) is 0 Å². The van der Waals surface area contributed by atoms with E-state index in [1.165, 1.54) is 51.5 Å². The summed E-state index contributed by atoms with van der Waals surface area (Å²) in [5.41, 5.74) is -0.0776. The molecule has 1 aliphatic carbocycles. The maximum atomic E-state index is 9.69. The zero-order chi connectivity index (χ0) is 13.7. The molecule has 3 nitrogen and oxygen atoms in total. The van der Waals surface area contributed by atoms with Gasteiger partial charge in [0.25, 0.3) is 0 Å². The summed E-state index contributed by atoms with van der Waals surface area (Å²) in [6.45, 7) is 7.15. The highest BCUT2D eigenvalue weighted by Crippen LogP contribution is 2.25. The molecule has 0 spiro atoms. The third-order valence-electron chi connectivity index (χ3n) is 4.90. The first-order valence-corrected chi connectivity index (χ1v) is 8.29. The monoisotopic (exact) mass is 268 g/mol. The SMILES string of the molecule is CCC1CCCCCN1CCC(C)(CO)NC1CC1. The summed E-state index contributed by atoms with van der Waals surface area (Å²) in [6.07, 6.45) is 10.4. The van der Waals surface area contributed by atoms with E-state index in [0.717, 1.165) is 19.0 Å². The molecule has 2 fully saturated rings. The average Bonchev–Trinajstić information content (AvgIpc) is 3.23. The van der Waals surface area contributed by atoms with Crippen molar-refractivity contribution in [3.05, 3.63) is 0 Å². The van der Waals surface area contributed by atoms with Crippen molar-refractivity contribution in [2.45, 2.75) is 82.8 Å². The molecular weight excluding hydrogens is 236 g/mol. The molecule has 1 saturated carbocycles. The van der Waals surface area contributed by atoms with Crippen LogP contribution in [-0.2, 0) is 0 Å². The van der Waals surface area contributed by atoms with Crippen LogP contribution >= 0.6 is 0 Å². The van der Waals surface area contributed by atoms with Crippen LogP contribution in [0.1, 0.15) is 65.2 Å². The van der Waals surface area contributed by atoms with Crippen molar-refractivity contribution in [1.82, 2.24) is 10.2 Å². The van der Waals surface area contributed by atoms with Crippen LogP contribution in [0.2, 0.25) is 0 Å². The van der Waals surface area contributed by atoms with Crippen LogP contribution < -0.4 is 5.32 Å². The Morgan fingerprint density at radius 2 is 2.00 bits per heavy atom. The van der Waals surface area contributed by atoms with Crippen molar-refractivity contribution in [3.8, 4) is 0 Å². The van der Waals surface area contributed by atoms with Gasteiger partial charge in [0.15, 0.2) is 0 Å². The van der Waals surface area contributed by atoms with Gasteiger partial charge in [-0.3, -0.25) is 0 Å². The van der Waals surface area contributed by atoms with Crippen LogP contribution in [0.15, 0.2) is 0 Å². The fourth-order valence-electron chi connectivity index (χ4n) is 3.30. The minimum absolute atomic E-state index is 0.0776. The standard InChI is InChI=1S/C16H32N2O/c1-3-15-7-5-4-6-11-18(15)12-10-16(2,13-19)17-14-8-9-14/h14-15,17,19H,3-13H2,1-2H3.